The number of pyridine rings is 1. The second kappa shape index (κ2) is 6.64. The van der Waals surface area contributed by atoms with E-state index in [1.165, 1.54) is 0 Å². The van der Waals surface area contributed by atoms with E-state index in [0.29, 0.717) is 36.7 Å². The molecule has 0 aliphatic heterocycles. The Balaban J connectivity index is 2.89. The number of anilines is 2. The molecule has 0 bridgehead atoms. The van der Waals surface area contributed by atoms with Crippen molar-refractivity contribution in [2.24, 2.45) is 0 Å². The minimum absolute atomic E-state index is 0.0468. The number of nitrogens with two attached hydrogens (primary N) is 1. The molecule has 18 heavy (non-hydrogen) atoms. The van der Waals surface area contributed by atoms with Gasteiger partial charge in [0.2, 0.25) is 0 Å². The smallest absolute Gasteiger partial charge is 0.255 e. The number of nitrogens with zero attached hydrogens (tertiary/aromatic N) is 2. The van der Waals surface area contributed by atoms with Gasteiger partial charge in [0.25, 0.3) is 5.91 Å². The van der Waals surface area contributed by atoms with E-state index in [4.69, 9.17) is 5.73 Å². The Hall–Kier alpha value is -2.04. The van der Waals surface area contributed by atoms with Crippen LogP contribution in [0.25, 0.3) is 0 Å². The molecule has 5 heteroatoms. The van der Waals surface area contributed by atoms with Crippen LogP contribution in [0.1, 0.15) is 24.2 Å². The Bertz CT molecular complexity index is 427. The second-order valence-corrected chi connectivity index (χ2v) is 3.81. The summed E-state index contributed by atoms with van der Waals surface area (Å²) in [6.07, 6.45) is 3.26. The molecule has 1 amide bonds. The molecule has 1 aromatic rings. The zero-order valence-corrected chi connectivity index (χ0v) is 10.9. The number of hydrogen-bond donors (Lipinski definition) is 2. The molecule has 0 atom stereocenters. The molecule has 5 nitrogen and oxygen atoms in total. The summed E-state index contributed by atoms with van der Waals surface area (Å²) in [5.41, 5.74) is 6.83. The Labute approximate surface area is 108 Å². The van der Waals surface area contributed by atoms with E-state index in [1.807, 2.05) is 13.8 Å². The predicted molar refractivity (Wildman–Crippen MR) is 74.6 cm³/mol. The summed E-state index contributed by atoms with van der Waals surface area (Å²) in [7, 11) is 0. The topological polar surface area (TPSA) is 71.2 Å². The van der Waals surface area contributed by atoms with Crippen LogP contribution in [0.15, 0.2) is 24.9 Å². The van der Waals surface area contributed by atoms with Crippen LogP contribution in [0.4, 0.5) is 11.5 Å². The summed E-state index contributed by atoms with van der Waals surface area (Å²) in [6, 6.07) is 1.65. The number of carbonyl (C=O) groups is 1. The van der Waals surface area contributed by atoms with Crippen LogP contribution >= 0.6 is 0 Å². The average Bonchev–Trinajstić information content (AvgIpc) is 2.38. The van der Waals surface area contributed by atoms with Gasteiger partial charge in [0, 0.05) is 25.8 Å². The first-order valence-electron chi connectivity index (χ1n) is 6.03. The van der Waals surface area contributed by atoms with E-state index in [2.05, 4.69) is 16.9 Å². The van der Waals surface area contributed by atoms with Gasteiger partial charge < -0.3 is 16.0 Å². The molecule has 3 N–H and O–H groups in total. The molecular formula is C13H20N4O. The summed E-state index contributed by atoms with van der Waals surface area (Å²) in [4.78, 5) is 18.0. The Morgan fingerprint density at radius 1 is 1.56 bits per heavy atom. The van der Waals surface area contributed by atoms with Crippen molar-refractivity contribution in [1.29, 1.82) is 0 Å². The normalized spacial score (nSPS) is 9.89. The van der Waals surface area contributed by atoms with Crippen molar-refractivity contribution in [1.82, 2.24) is 9.88 Å². The molecule has 0 aliphatic carbocycles. The molecule has 0 radical (unpaired) electrons. The van der Waals surface area contributed by atoms with Crippen LogP contribution in [0.2, 0.25) is 0 Å². The van der Waals surface area contributed by atoms with Gasteiger partial charge in [-0.3, -0.25) is 4.79 Å². The van der Waals surface area contributed by atoms with Gasteiger partial charge in [0.1, 0.15) is 5.82 Å². The van der Waals surface area contributed by atoms with Gasteiger partial charge in [-0.1, -0.05) is 6.08 Å². The molecule has 0 spiro atoms. The Kier molecular flexibility index (Phi) is 5.17. The maximum absolute atomic E-state index is 12.1. The van der Waals surface area contributed by atoms with Gasteiger partial charge >= 0.3 is 0 Å². The van der Waals surface area contributed by atoms with Crippen LogP contribution in [0, 0.1) is 0 Å². The van der Waals surface area contributed by atoms with Gasteiger partial charge in [-0.05, 0) is 19.9 Å². The number of hydrogen-bond acceptors (Lipinski definition) is 4. The summed E-state index contributed by atoms with van der Waals surface area (Å²) in [5.74, 6) is 0.528. The molecule has 0 aliphatic rings. The minimum atomic E-state index is -0.0468. The van der Waals surface area contributed by atoms with Crippen molar-refractivity contribution in [3.05, 3.63) is 30.5 Å². The first kappa shape index (κ1) is 14.0. The highest BCUT2D eigenvalue weighted by Crippen LogP contribution is 2.17. The third kappa shape index (κ3) is 3.23. The number of nitrogens with one attached hydrogen (secondary N) is 1. The fourth-order valence-corrected chi connectivity index (χ4v) is 1.61. The largest absolute Gasteiger partial charge is 0.396 e. The monoisotopic (exact) mass is 248 g/mol. The maximum atomic E-state index is 12.1. The summed E-state index contributed by atoms with van der Waals surface area (Å²) in [5, 5.41) is 3.01. The van der Waals surface area contributed by atoms with Crippen molar-refractivity contribution >= 4 is 17.4 Å². The number of carbonyl (C=O) groups excluding carboxylic acids is 1. The van der Waals surface area contributed by atoms with E-state index in [9.17, 15) is 4.79 Å². The summed E-state index contributed by atoms with van der Waals surface area (Å²) in [6.45, 7) is 9.42. The number of amides is 1. The van der Waals surface area contributed by atoms with Gasteiger partial charge in [0.05, 0.1) is 11.3 Å². The SMILES string of the molecule is C=CCNc1ncc(C(=O)N(CC)CC)cc1N. The van der Waals surface area contributed by atoms with E-state index in [-0.39, 0.29) is 5.91 Å². The standard InChI is InChI=1S/C13H20N4O/c1-4-7-15-12-11(14)8-10(9-16-12)13(18)17(5-2)6-3/h4,8-9H,1,5-7,14H2,2-3H3,(H,15,16). The number of nitrogen functional groups attached to an aromatic ring is 1. The fraction of sp³-hybridized carbons (Fsp3) is 0.385. The minimum Gasteiger partial charge on any atom is -0.396 e. The summed E-state index contributed by atoms with van der Waals surface area (Å²) < 4.78 is 0. The molecular weight excluding hydrogens is 228 g/mol. The van der Waals surface area contributed by atoms with E-state index in [0.717, 1.165) is 0 Å². The van der Waals surface area contributed by atoms with Crippen molar-refractivity contribution in [2.45, 2.75) is 13.8 Å². The molecule has 0 saturated carbocycles. The first-order valence-corrected chi connectivity index (χ1v) is 6.03. The third-order valence-electron chi connectivity index (χ3n) is 2.63. The first-order chi connectivity index (χ1) is 8.63. The molecule has 1 rings (SSSR count). The van der Waals surface area contributed by atoms with Crippen molar-refractivity contribution in [3.8, 4) is 0 Å². The number of rotatable bonds is 6. The highest BCUT2D eigenvalue weighted by molar-refractivity contribution is 5.95. The number of aromatic nitrogens is 1. The fourth-order valence-electron chi connectivity index (χ4n) is 1.61. The Morgan fingerprint density at radius 3 is 2.72 bits per heavy atom. The zero-order valence-electron chi connectivity index (χ0n) is 10.9. The Morgan fingerprint density at radius 2 is 2.22 bits per heavy atom. The molecule has 0 aromatic carbocycles. The zero-order chi connectivity index (χ0) is 13.5. The van der Waals surface area contributed by atoms with Crippen LogP contribution in [0.5, 0.6) is 0 Å². The quantitative estimate of drug-likeness (QED) is 0.752. The van der Waals surface area contributed by atoms with Crippen LogP contribution in [0.3, 0.4) is 0 Å². The maximum Gasteiger partial charge on any atom is 0.255 e. The lowest BCUT2D eigenvalue weighted by Gasteiger charge is -2.18. The molecule has 1 heterocycles. The molecule has 1 aromatic heterocycles. The van der Waals surface area contributed by atoms with Crippen molar-refractivity contribution in [2.75, 3.05) is 30.7 Å². The van der Waals surface area contributed by atoms with E-state index in [1.54, 1.807) is 23.2 Å². The van der Waals surface area contributed by atoms with Gasteiger partial charge in [-0.15, -0.1) is 6.58 Å². The van der Waals surface area contributed by atoms with E-state index >= 15 is 0 Å². The highest BCUT2D eigenvalue weighted by Gasteiger charge is 2.14. The van der Waals surface area contributed by atoms with Crippen molar-refractivity contribution < 1.29 is 4.79 Å². The average molecular weight is 248 g/mol. The lowest BCUT2D eigenvalue weighted by atomic mass is 10.2. The predicted octanol–water partition coefficient (Wildman–Crippen LogP) is 1.74. The van der Waals surface area contributed by atoms with Crippen molar-refractivity contribution in [3.63, 3.8) is 0 Å². The van der Waals surface area contributed by atoms with Crippen LogP contribution in [-0.2, 0) is 0 Å². The molecule has 0 fully saturated rings. The molecule has 98 valence electrons. The lowest BCUT2D eigenvalue weighted by Crippen LogP contribution is -2.30. The lowest BCUT2D eigenvalue weighted by molar-refractivity contribution is 0.0772. The third-order valence-corrected chi connectivity index (χ3v) is 2.63. The summed E-state index contributed by atoms with van der Waals surface area (Å²) >= 11 is 0. The molecule has 0 saturated heterocycles. The highest BCUT2D eigenvalue weighted by atomic mass is 16.2. The molecule has 0 unspecified atom stereocenters. The van der Waals surface area contributed by atoms with Gasteiger partial charge in [-0.2, -0.15) is 0 Å². The second-order valence-electron chi connectivity index (χ2n) is 3.81. The van der Waals surface area contributed by atoms with Crippen LogP contribution < -0.4 is 11.1 Å². The van der Waals surface area contributed by atoms with E-state index < -0.39 is 0 Å². The van der Waals surface area contributed by atoms with Gasteiger partial charge in [-0.25, -0.2) is 4.98 Å². The van der Waals surface area contributed by atoms with Crippen LogP contribution in [-0.4, -0.2) is 35.4 Å². The van der Waals surface area contributed by atoms with Gasteiger partial charge in [0.15, 0.2) is 0 Å².